The van der Waals surface area contributed by atoms with Gasteiger partial charge in [-0.3, -0.25) is 4.68 Å². The van der Waals surface area contributed by atoms with Crippen molar-refractivity contribution >= 4 is 17.4 Å². The molecule has 0 unspecified atom stereocenters. The minimum Gasteiger partial charge on any atom is -0.373 e. The molecule has 1 aromatic carbocycles. The number of anilines is 2. The first-order chi connectivity index (χ1) is 11.3. The standard InChI is InChI=1S/C18H25N5O/c1-18(2,3)23-13-15(11-19-23)20-17(24)22-10-9-21(4)16-8-6-5-7-14(16)12-22/h5-8,11,13H,9-10,12H2,1-4H3,(H,20,24). The van der Waals surface area contributed by atoms with E-state index in [1.165, 1.54) is 5.69 Å². The number of rotatable bonds is 1. The Labute approximate surface area is 143 Å². The van der Waals surface area contributed by atoms with Gasteiger partial charge in [-0.15, -0.1) is 0 Å². The quantitative estimate of drug-likeness (QED) is 0.875. The molecule has 0 atom stereocenters. The highest BCUT2D eigenvalue weighted by Gasteiger charge is 2.22. The van der Waals surface area contributed by atoms with Gasteiger partial charge in [0.05, 0.1) is 17.4 Å². The van der Waals surface area contributed by atoms with Gasteiger partial charge in [-0.2, -0.15) is 5.10 Å². The number of hydrogen-bond donors (Lipinski definition) is 1. The summed E-state index contributed by atoms with van der Waals surface area (Å²) in [6, 6.07) is 8.14. The summed E-state index contributed by atoms with van der Waals surface area (Å²) in [4.78, 5) is 16.7. The van der Waals surface area contributed by atoms with E-state index in [9.17, 15) is 4.79 Å². The van der Waals surface area contributed by atoms with Gasteiger partial charge < -0.3 is 15.1 Å². The van der Waals surface area contributed by atoms with Crippen LogP contribution in [0, 0.1) is 0 Å². The zero-order valence-electron chi connectivity index (χ0n) is 14.8. The number of benzene rings is 1. The molecule has 0 bridgehead atoms. The van der Waals surface area contributed by atoms with Crippen LogP contribution < -0.4 is 10.2 Å². The van der Waals surface area contributed by atoms with Crippen LogP contribution in [0.25, 0.3) is 0 Å². The molecule has 2 amide bonds. The Morgan fingerprint density at radius 1 is 1.21 bits per heavy atom. The van der Waals surface area contributed by atoms with Crippen molar-refractivity contribution in [2.45, 2.75) is 32.9 Å². The zero-order valence-corrected chi connectivity index (χ0v) is 14.8. The van der Waals surface area contributed by atoms with Crippen LogP contribution in [0.15, 0.2) is 36.7 Å². The summed E-state index contributed by atoms with van der Waals surface area (Å²) < 4.78 is 1.86. The molecule has 1 aliphatic heterocycles. The molecule has 3 rings (SSSR count). The number of nitrogens with zero attached hydrogens (tertiary/aromatic N) is 4. The molecule has 6 nitrogen and oxygen atoms in total. The van der Waals surface area contributed by atoms with Crippen LogP contribution in [0.4, 0.5) is 16.2 Å². The van der Waals surface area contributed by atoms with Crippen LogP contribution in [-0.2, 0) is 12.1 Å². The zero-order chi connectivity index (χ0) is 17.3. The molecule has 1 aliphatic rings. The average molecular weight is 327 g/mol. The molecule has 0 saturated heterocycles. The summed E-state index contributed by atoms with van der Waals surface area (Å²) in [7, 11) is 2.06. The Hall–Kier alpha value is -2.50. The third-order valence-electron chi connectivity index (χ3n) is 4.28. The third-order valence-corrected chi connectivity index (χ3v) is 4.28. The number of urea groups is 1. The number of carbonyl (C=O) groups is 1. The van der Waals surface area contributed by atoms with Gasteiger partial charge in [-0.1, -0.05) is 18.2 Å². The highest BCUT2D eigenvalue weighted by Crippen LogP contribution is 2.24. The number of nitrogens with one attached hydrogen (secondary N) is 1. The van der Waals surface area contributed by atoms with Crippen molar-refractivity contribution < 1.29 is 4.79 Å². The van der Waals surface area contributed by atoms with E-state index < -0.39 is 0 Å². The molecule has 0 fully saturated rings. The summed E-state index contributed by atoms with van der Waals surface area (Å²) in [5.41, 5.74) is 2.97. The number of amides is 2. The third kappa shape index (κ3) is 3.37. The molecule has 128 valence electrons. The van der Waals surface area contributed by atoms with E-state index in [1.807, 2.05) is 27.9 Å². The van der Waals surface area contributed by atoms with Crippen LogP contribution in [-0.4, -0.2) is 40.8 Å². The fraction of sp³-hybridized carbons (Fsp3) is 0.444. The van der Waals surface area contributed by atoms with Crippen molar-refractivity contribution in [1.82, 2.24) is 14.7 Å². The first kappa shape index (κ1) is 16.4. The first-order valence-electron chi connectivity index (χ1n) is 8.25. The minimum atomic E-state index is -0.104. The van der Waals surface area contributed by atoms with Crippen molar-refractivity contribution in [3.63, 3.8) is 0 Å². The molecule has 1 N–H and O–H groups in total. The van der Waals surface area contributed by atoms with Gasteiger partial charge in [0.25, 0.3) is 0 Å². The minimum absolute atomic E-state index is 0.0893. The largest absolute Gasteiger partial charge is 0.373 e. The molecule has 2 aromatic rings. The number of aromatic nitrogens is 2. The number of carbonyl (C=O) groups excluding carboxylic acids is 1. The number of para-hydroxylation sites is 1. The lowest BCUT2D eigenvalue weighted by molar-refractivity contribution is 0.212. The molecule has 0 saturated carbocycles. The Balaban J connectivity index is 1.73. The van der Waals surface area contributed by atoms with E-state index in [4.69, 9.17) is 0 Å². The Morgan fingerprint density at radius 2 is 1.96 bits per heavy atom. The lowest BCUT2D eigenvalue weighted by Crippen LogP contribution is -2.37. The van der Waals surface area contributed by atoms with Gasteiger partial charge in [0.2, 0.25) is 0 Å². The summed E-state index contributed by atoms with van der Waals surface area (Å²) in [5, 5.41) is 7.29. The topological polar surface area (TPSA) is 53.4 Å². The van der Waals surface area contributed by atoms with Gasteiger partial charge in [0.1, 0.15) is 0 Å². The van der Waals surface area contributed by atoms with Crippen molar-refractivity contribution in [1.29, 1.82) is 0 Å². The summed E-state index contributed by atoms with van der Waals surface area (Å²) in [6.45, 7) is 8.34. The predicted octanol–water partition coefficient (Wildman–Crippen LogP) is 3.12. The fourth-order valence-electron chi connectivity index (χ4n) is 2.82. The Morgan fingerprint density at radius 3 is 2.67 bits per heavy atom. The van der Waals surface area contributed by atoms with E-state index in [0.717, 1.165) is 17.8 Å². The van der Waals surface area contributed by atoms with Crippen molar-refractivity contribution in [2.24, 2.45) is 0 Å². The molecule has 0 aliphatic carbocycles. The second kappa shape index (κ2) is 6.19. The smallest absolute Gasteiger partial charge is 0.322 e. The van der Waals surface area contributed by atoms with Crippen LogP contribution in [0.2, 0.25) is 0 Å². The Kier molecular flexibility index (Phi) is 4.22. The van der Waals surface area contributed by atoms with Crippen LogP contribution in [0.1, 0.15) is 26.3 Å². The maximum Gasteiger partial charge on any atom is 0.322 e. The number of hydrogen-bond acceptors (Lipinski definition) is 3. The van der Waals surface area contributed by atoms with Crippen LogP contribution in [0.5, 0.6) is 0 Å². The molecule has 24 heavy (non-hydrogen) atoms. The van der Waals surface area contributed by atoms with Gasteiger partial charge in [0.15, 0.2) is 0 Å². The molecule has 2 heterocycles. The fourth-order valence-corrected chi connectivity index (χ4v) is 2.82. The van der Waals surface area contributed by atoms with E-state index in [-0.39, 0.29) is 11.6 Å². The van der Waals surface area contributed by atoms with E-state index >= 15 is 0 Å². The van der Waals surface area contributed by atoms with Gasteiger partial charge in [0, 0.05) is 38.6 Å². The summed E-state index contributed by atoms with van der Waals surface area (Å²) in [5.74, 6) is 0. The van der Waals surface area contributed by atoms with E-state index in [2.05, 4.69) is 55.3 Å². The second-order valence-corrected chi connectivity index (χ2v) is 7.25. The lowest BCUT2D eigenvalue weighted by atomic mass is 10.1. The second-order valence-electron chi connectivity index (χ2n) is 7.25. The van der Waals surface area contributed by atoms with Gasteiger partial charge in [-0.05, 0) is 32.4 Å². The summed E-state index contributed by atoms with van der Waals surface area (Å²) >= 11 is 0. The van der Waals surface area contributed by atoms with Crippen LogP contribution in [0.3, 0.4) is 0 Å². The molecular weight excluding hydrogens is 302 g/mol. The molecule has 1 aromatic heterocycles. The maximum absolute atomic E-state index is 12.7. The Bertz CT molecular complexity index is 731. The molecular formula is C18H25N5O. The van der Waals surface area contributed by atoms with Gasteiger partial charge in [-0.25, -0.2) is 4.79 Å². The normalized spacial score (nSPS) is 15.0. The van der Waals surface area contributed by atoms with Crippen molar-refractivity contribution in [2.75, 3.05) is 30.4 Å². The SMILES string of the molecule is CN1CCN(C(=O)Nc2cnn(C(C)(C)C)c2)Cc2ccccc21. The first-order valence-corrected chi connectivity index (χ1v) is 8.25. The summed E-state index contributed by atoms with van der Waals surface area (Å²) in [6.07, 6.45) is 3.57. The highest BCUT2D eigenvalue weighted by molar-refractivity contribution is 5.89. The highest BCUT2D eigenvalue weighted by atomic mass is 16.2. The molecule has 0 radical (unpaired) electrons. The van der Waals surface area contributed by atoms with Crippen molar-refractivity contribution in [3.8, 4) is 0 Å². The van der Waals surface area contributed by atoms with Gasteiger partial charge >= 0.3 is 6.03 Å². The van der Waals surface area contributed by atoms with Crippen molar-refractivity contribution in [3.05, 3.63) is 42.2 Å². The van der Waals surface area contributed by atoms with E-state index in [1.54, 1.807) is 6.20 Å². The molecule has 6 heteroatoms. The monoisotopic (exact) mass is 327 g/mol. The van der Waals surface area contributed by atoms with E-state index in [0.29, 0.717) is 13.1 Å². The van der Waals surface area contributed by atoms with Crippen LogP contribution >= 0.6 is 0 Å². The maximum atomic E-state index is 12.7. The lowest BCUT2D eigenvalue weighted by Gasteiger charge is -2.21. The number of likely N-dealkylation sites (N-methyl/N-ethyl adjacent to an activating group) is 1. The predicted molar refractivity (Wildman–Crippen MR) is 96.4 cm³/mol. The number of fused-ring (bicyclic) bond motifs is 1. The molecule has 0 spiro atoms. The average Bonchev–Trinajstić information content (AvgIpc) is 2.93.